The molecule has 0 radical (unpaired) electrons. The first-order valence-corrected chi connectivity index (χ1v) is 8.49. The molecule has 2 aromatic rings. The van der Waals surface area contributed by atoms with E-state index in [1.807, 2.05) is 48.5 Å². The van der Waals surface area contributed by atoms with E-state index in [2.05, 4.69) is 23.2 Å². The van der Waals surface area contributed by atoms with Crippen LogP contribution in [-0.4, -0.2) is 19.0 Å². The highest BCUT2D eigenvalue weighted by atomic mass is 35.5. The Labute approximate surface area is 150 Å². The van der Waals surface area contributed by atoms with Gasteiger partial charge in [-0.05, 0) is 37.0 Å². The third-order valence-electron chi connectivity index (χ3n) is 4.54. The van der Waals surface area contributed by atoms with Crippen LogP contribution >= 0.6 is 12.4 Å². The van der Waals surface area contributed by atoms with Crippen LogP contribution in [0.3, 0.4) is 0 Å². The fourth-order valence-electron chi connectivity index (χ4n) is 3.29. The molecule has 0 spiro atoms. The van der Waals surface area contributed by atoms with Crippen molar-refractivity contribution in [3.8, 4) is 0 Å². The molecule has 2 aromatic carbocycles. The van der Waals surface area contributed by atoms with Gasteiger partial charge in [0.25, 0.3) is 0 Å². The minimum Gasteiger partial charge on any atom is -0.370 e. The van der Waals surface area contributed by atoms with E-state index in [1.54, 1.807) is 0 Å². The van der Waals surface area contributed by atoms with Gasteiger partial charge in [0.1, 0.15) is 0 Å². The van der Waals surface area contributed by atoms with Crippen LogP contribution in [0.5, 0.6) is 0 Å². The largest absolute Gasteiger partial charge is 0.370 e. The van der Waals surface area contributed by atoms with Crippen molar-refractivity contribution < 1.29 is 4.79 Å². The summed E-state index contributed by atoms with van der Waals surface area (Å²) < 4.78 is 0. The monoisotopic (exact) mass is 344 g/mol. The first kappa shape index (κ1) is 18.3. The van der Waals surface area contributed by atoms with Crippen molar-refractivity contribution in [2.45, 2.75) is 32.1 Å². The van der Waals surface area contributed by atoms with Crippen LogP contribution in [0.4, 0.5) is 11.4 Å². The van der Waals surface area contributed by atoms with E-state index in [-0.39, 0.29) is 24.2 Å². The van der Waals surface area contributed by atoms with Crippen molar-refractivity contribution in [3.05, 3.63) is 60.2 Å². The molecule has 1 amide bonds. The number of hydrogen-bond donors (Lipinski definition) is 1. The molecule has 1 aliphatic heterocycles. The van der Waals surface area contributed by atoms with E-state index < -0.39 is 0 Å². The fourth-order valence-corrected chi connectivity index (χ4v) is 3.29. The second-order valence-corrected chi connectivity index (χ2v) is 6.07. The van der Waals surface area contributed by atoms with Gasteiger partial charge in [-0.15, -0.1) is 12.4 Å². The number of halogens is 1. The van der Waals surface area contributed by atoms with Crippen LogP contribution < -0.4 is 10.2 Å². The number of nitrogens with zero attached hydrogens (tertiary/aromatic N) is 1. The van der Waals surface area contributed by atoms with Crippen LogP contribution in [0.25, 0.3) is 0 Å². The molecular formula is C20H25ClN2O. The molecule has 0 bridgehead atoms. The lowest BCUT2D eigenvalue weighted by molar-refractivity contribution is -0.117. The number of hydrogen-bond acceptors (Lipinski definition) is 2. The summed E-state index contributed by atoms with van der Waals surface area (Å²) in [6.07, 6.45) is 3.25. The van der Waals surface area contributed by atoms with E-state index >= 15 is 0 Å². The molecule has 3 nitrogen and oxygen atoms in total. The number of carbonyl (C=O) groups is 1. The van der Waals surface area contributed by atoms with Gasteiger partial charge >= 0.3 is 0 Å². The summed E-state index contributed by atoms with van der Waals surface area (Å²) in [4.78, 5) is 15.1. The van der Waals surface area contributed by atoms with Crippen molar-refractivity contribution in [2.75, 3.05) is 23.3 Å². The minimum atomic E-state index is -0.108. The van der Waals surface area contributed by atoms with Gasteiger partial charge in [-0.1, -0.05) is 49.4 Å². The molecule has 0 saturated carbocycles. The van der Waals surface area contributed by atoms with Crippen molar-refractivity contribution >= 4 is 29.7 Å². The van der Waals surface area contributed by atoms with Gasteiger partial charge in [0.2, 0.25) is 5.91 Å². The van der Waals surface area contributed by atoms with Gasteiger partial charge in [-0.25, -0.2) is 0 Å². The van der Waals surface area contributed by atoms with Crippen molar-refractivity contribution in [1.82, 2.24) is 0 Å². The predicted molar refractivity (Wildman–Crippen MR) is 103 cm³/mol. The van der Waals surface area contributed by atoms with E-state index in [0.717, 1.165) is 36.4 Å². The topological polar surface area (TPSA) is 32.3 Å². The molecule has 24 heavy (non-hydrogen) atoms. The van der Waals surface area contributed by atoms with Gasteiger partial charge in [0.05, 0.1) is 17.3 Å². The van der Waals surface area contributed by atoms with Crippen molar-refractivity contribution in [3.63, 3.8) is 0 Å². The van der Waals surface area contributed by atoms with Gasteiger partial charge in [0.15, 0.2) is 0 Å². The standard InChI is InChI=1S/C20H24N2O.ClH/c1-2-17(16-10-4-3-5-11-16)20(23)21-18-12-6-7-13-19(18)22-14-8-9-15-22;/h3-7,10-13,17H,2,8-9,14-15H2,1H3,(H,21,23);1H/t17-;/m0./s1. The van der Waals surface area contributed by atoms with Gasteiger partial charge in [-0.2, -0.15) is 0 Å². The number of nitrogens with one attached hydrogen (secondary N) is 1. The van der Waals surface area contributed by atoms with E-state index in [1.165, 1.54) is 12.8 Å². The summed E-state index contributed by atoms with van der Waals surface area (Å²) in [6, 6.07) is 18.1. The molecule has 3 rings (SSSR count). The number of rotatable bonds is 5. The SMILES string of the molecule is CC[C@H](C(=O)Nc1ccccc1N1CCCC1)c1ccccc1.Cl. The molecule has 1 heterocycles. The maximum absolute atomic E-state index is 12.8. The van der Waals surface area contributed by atoms with Gasteiger partial charge in [0, 0.05) is 13.1 Å². The van der Waals surface area contributed by atoms with Crippen LogP contribution in [0, 0.1) is 0 Å². The fraction of sp³-hybridized carbons (Fsp3) is 0.350. The van der Waals surface area contributed by atoms with Crippen molar-refractivity contribution in [2.24, 2.45) is 0 Å². The second kappa shape index (κ2) is 8.74. The molecule has 1 fully saturated rings. The minimum absolute atomic E-state index is 0. The highest BCUT2D eigenvalue weighted by Gasteiger charge is 2.21. The van der Waals surface area contributed by atoms with E-state index in [0.29, 0.717) is 0 Å². The predicted octanol–water partition coefficient (Wildman–Crippen LogP) is 4.84. The molecule has 1 aliphatic rings. The lowest BCUT2D eigenvalue weighted by Crippen LogP contribution is -2.24. The second-order valence-electron chi connectivity index (χ2n) is 6.07. The van der Waals surface area contributed by atoms with Crippen LogP contribution in [-0.2, 0) is 4.79 Å². The average Bonchev–Trinajstić information content (AvgIpc) is 3.11. The summed E-state index contributed by atoms with van der Waals surface area (Å²) in [5, 5.41) is 3.16. The van der Waals surface area contributed by atoms with Crippen LogP contribution in [0.2, 0.25) is 0 Å². The Morgan fingerprint density at radius 3 is 2.33 bits per heavy atom. The normalized spacial score (nSPS) is 14.8. The molecule has 0 unspecified atom stereocenters. The average molecular weight is 345 g/mol. The van der Waals surface area contributed by atoms with Gasteiger partial charge in [-0.3, -0.25) is 4.79 Å². The molecule has 1 atom stereocenters. The third kappa shape index (κ3) is 4.09. The summed E-state index contributed by atoms with van der Waals surface area (Å²) in [5.41, 5.74) is 3.14. The Morgan fingerprint density at radius 2 is 1.67 bits per heavy atom. The molecule has 0 aromatic heterocycles. The van der Waals surface area contributed by atoms with Crippen molar-refractivity contribution in [1.29, 1.82) is 0 Å². The van der Waals surface area contributed by atoms with E-state index in [9.17, 15) is 4.79 Å². The quantitative estimate of drug-likeness (QED) is 0.841. The number of amides is 1. The number of para-hydroxylation sites is 2. The molecule has 0 aliphatic carbocycles. The zero-order valence-corrected chi connectivity index (χ0v) is 14.9. The summed E-state index contributed by atoms with van der Waals surface area (Å²) in [6.45, 7) is 4.20. The number of carbonyl (C=O) groups excluding carboxylic acids is 1. The third-order valence-corrected chi connectivity index (χ3v) is 4.54. The smallest absolute Gasteiger partial charge is 0.231 e. The molecule has 4 heteroatoms. The summed E-state index contributed by atoms with van der Waals surface area (Å²) in [7, 11) is 0. The highest BCUT2D eigenvalue weighted by molar-refractivity contribution is 5.98. The Kier molecular flexibility index (Phi) is 6.68. The molecule has 128 valence electrons. The first-order chi connectivity index (χ1) is 11.3. The number of benzene rings is 2. The Morgan fingerprint density at radius 1 is 1.04 bits per heavy atom. The van der Waals surface area contributed by atoms with Crippen LogP contribution in [0.15, 0.2) is 54.6 Å². The molecule has 1 saturated heterocycles. The Hall–Kier alpha value is -2.00. The maximum Gasteiger partial charge on any atom is 0.231 e. The van der Waals surface area contributed by atoms with E-state index in [4.69, 9.17) is 0 Å². The van der Waals surface area contributed by atoms with Crippen LogP contribution in [0.1, 0.15) is 37.7 Å². The number of anilines is 2. The maximum atomic E-state index is 12.8. The summed E-state index contributed by atoms with van der Waals surface area (Å²) >= 11 is 0. The van der Waals surface area contributed by atoms with Gasteiger partial charge < -0.3 is 10.2 Å². The Balaban J connectivity index is 0.00000208. The zero-order chi connectivity index (χ0) is 16.1. The zero-order valence-electron chi connectivity index (χ0n) is 14.1. The molecular weight excluding hydrogens is 320 g/mol. The highest BCUT2D eigenvalue weighted by Crippen LogP contribution is 2.30. The molecule has 1 N–H and O–H groups in total. The Bertz CT molecular complexity index is 654. The summed E-state index contributed by atoms with van der Waals surface area (Å²) in [5.74, 6) is -0.0341. The lowest BCUT2D eigenvalue weighted by Gasteiger charge is -2.23. The first-order valence-electron chi connectivity index (χ1n) is 8.49. The lowest BCUT2D eigenvalue weighted by atomic mass is 9.95.